The fourth-order valence-electron chi connectivity index (χ4n) is 5.39. The second-order valence-corrected chi connectivity index (χ2v) is 10.7. The lowest BCUT2D eigenvalue weighted by Gasteiger charge is -2.32. The molecule has 0 spiro atoms. The molecule has 2 aliphatic rings. The number of ether oxygens (including phenoxy) is 1. The highest BCUT2D eigenvalue weighted by molar-refractivity contribution is 6.31. The fraction of sp³-hybridized carbons (Fsp3) is 0.387. The Morgan fingerprint density at radius 3 is 2.41 bits per heavy atom. The lowest BCUT2D eigenvalue weighted by molar-refractivity contribution is 0.0961. The average molecular weight is 594 g/mol. The predicted molar refractivity (Wildman–Crippen MR) is 160 cm³/mol. The van der Waals surface area contributed by atoms with Gasteiger partial charge in [0.1, 0.15) is 18.2 Å². The molecule has 1 saturated heterocycles. The second kappa shape index (κ2) is 15.0. The van der Waals surface area contributed by atoms with E-state index in [0.29, 0.717) is 25.5 Å². The number of carbonyl (C=O) groups excluding carboxylic acids is 1. The number of fused-ring (bicyclic) bond motifs is 1. The molecule has 5 rings (SSSR count). The Bertz CT molecular complexity index is 1220. The van der Waals surface area contributed by atoms with Crippen LogP contribution in [-0.4, -0.2) is 41.8 Å². The minimum Gasteiger partial charge on any atom is -0.492 e. The second-order valence-electron chi connectivity index (χ2n) is 10.3. The first kappa shape index (κ1) is 31.4. The van der Waals surface area contributed by atoms with Crippen LogP contribution in [0.15, 0.2) is 66.7 Å². The van der Waals surface area contributed by atoms with Crippen molar-refractivity contribution in [3.63, 3.8) is 0 Å². The first-order valence-corrected chi connectivity index (χ1v) is 13.6. The molecular formula is C31H36Cl3FN2O2. The number of piperidine rings is 1. The van der Waals surface area contributed by atoms with Gasteiger partial charge in [0.15, 0.2) is 5.78 Å². The molecule has 3 aromatic carbocycles. The SMILES string of the molecule is Cl.Cl.O=C(CCC1CCN(Cc2ccccc2Cl)CC1)c1ccc2c(c1)CN(Cc1ccc(F)cc1)CCO2. The van der Waals surface area contributed by atoms with Crippen molar-refractivity contribution in [2.75, 3.05) is 26.2 Å². The number of hydrogen-bond donors (Lipinski definition) is 0. The quantitative estimate of drug-likeness (QED) is 0.252. The van der Waals surface area contributed by atoms with Gasteiger partial charge in [0, 0.05) is 48.7 Å². The molecule has 8 heteroatoms. The zero-order valence-electron chi connectivity index (χ0n) is 22.0. The Hall–Kier alpha value is -2.15. The molecule has 210 valence electrons. The molecule has 0 atom stereocenters. The van der Waals surface area contributed by atoms with Gasteiger partial charge in [0.05, 0.1) is 0 Å². The molecule has 2 aliphatic heterocycles. The van der Waals surface area contributed by atoms with Crippen molar-refractivity contribution in [2.24, 2.45) is 5.92 Å². The van der Waals surface area contributed by atoms with Crippen LogP contribution >= 0.6 is 36.4 Å². The Morgan fingerprint density at radius 2 is 1.67 bits per heavy atom. The summed E-state index contributed by atoms with van der Waals surface area (Å²) in [5.74, 6) is 1.42. The number of hydrogen-bond acceptors (Lipinski definition) is 4. The van der Waals surface area contributed by atoms with Gasteiger partial charge in [-0.3, -0.25) is 14.6 Å². The van der Waals surface area contributed by atoms with Crippen LogP contribution in [0.1, 0.15) is 52.7 Å². The Kier molecular flexibility index (Phi) is 12.1. The predicted octanol–water partition coefficient (Wildman–Crippen LogP) is 7.59. The first-order chi connectivity index (χ1) is 18.0. The Balaban J connectivity index is 0.00000210. The van der Waals surface area contributed by atoms with Gasteiger partial charge >= 0.3 is 0 Å². The molecule has 0 radical (unpaired) electrons. The number of ketones is 1. The minimum atomic E-state index is -0.223. The third-order valence-corrected chi connectivity index (χ3v) is 7.97. The number of halogens is 4. The van der Waals surface area contributed by atoms with Crippen molar-refractivity contribution in [1.82, 2.24) is 9.80 Å². The van der Waals surface area contributed by atoms with Gasteiger partial charge < -0.3 is 4.74 Å². The summed E-state index contributed by atoms with van der Waals surface area (Å²) < 4.78 is 19.2. The maximum Gasteiger partial charge on any atom is 0.162 e. The minimum absolute atomic E-state index is 0. The van der Waals surface area contributed by atoms with Gasteiger partial charge in [0.2, 0.25) is 0 Å². The molecule has 3 aromatic rings. The van der Waals surface area contributed by atoms with Crippen molar-refractivity contribution >= 4 is 42.2 Å². The van der Waals surface area contributed by atoms with E-state index in [-0.39, 0.29) is 36.4 Å². The van der Waals surface area contributed by atoms with Crippen LogP contribution in [0, 0.1) is 11.7 Å². The molecule has 0 amide bonds. The topological polar surface area (TPSA) is 32.8 Å². The van der Waals surface area contributed by atoms with E-state index < -0.39 is 0 Å². The first-order valence-electron chi connectivity index (χ1n) is 13.2. The van der Waals surface area contributed by atoms with Crippen LogP contribution in [0.5, 0.6) is 5.75 Å². The van der Waals surface area contributed by atoms with Crippen LogP contribution in [0.2, 0.25) is 5.02 Å². The highest BCUT2D eigenvalue weighted by Gasteiger charge is 2.22. The summed E-state index contributed by atoms with van der Waals surface area (Å²) >= 11 is 6.33. The van der Waals surface area contributed by atoms with Crippen molar-refractivity contribution in [2.45, 2.75) is 45.3 Å². The summed E-state index contributed by atoms with van der Waals surface area (Å²) in [6.45, 7) is 5.78. The van der Waals surface area contributed by atoms with Gasteiger partial charge in [-0.1, -0.05) is 41.9 Å². The highest BCUT2D eigenvalue weighted by atomic mass is 35.5. The molecule has 0 aliphatic carbocycles. The number of benzene rings is 3. The Labute approximate surface area is 248 Å². The van der Waals surface area contributed by atoms with E-state index in [0.717, 1.165) is 79.4 Å². The largest absolute Gasteiger partial charge is 0.492 e. The maximum atomic E-state index is 13.3. The molecule has 0 bridgehead atoms. The normalized spacial score (nSPS) is 16.3. The number of rotatable bonds is 8. The van der Waals surface area contributed by atoms with Crippen LogP contribution < -0.4 is 4.74 Å². The summed E-state index contributed by atoms with van der Waals surface area (Å²) in [5, 5.41) is 0.833. The van der Waals surface area contributed by atoms with E-state index >= 15 is 0 Å². The standard InChI is InChI=1S/C31H34ClFN2O2.2ClH/c32-29-4-2-1-3-26(29)21-34-15-13-23(14-16-34)7-11-30(36)25-8-12-31-27(19-25)22-35(17-18-37-31)20-24-5-9-28(33)10-6-24;;/h1-6,8-10,12,19,23H,7,11,13-18,20-22H2;2*1H. The van der Waals surface area contributed by atoms with Crippen LogP contribution in [0.3, 0.4) is 0 Å². The summed E-state index contributed by atoms with van der Waals surface area (Å²) in [5.41, 5.74) is 4.05. The van der Waals surface area contributed by atoms with Crippen LogP contribution in [0.25, 0.3) is 0 Å². The summed E-state index contributed by atoms with van der Waals surface area (Å²) in [7, 11) is 0. The summed E-state index contributed by atoms with van der Waals surface area (Å²) in [4.78, 5) is 17.8. The van der Waals surface area contributed by atoms with Gasteiger partial charge in [-0.2, -0.15) is 0 Å². The van der Waals surface area contributed by atoms with Gasteiger partial charge in [-0.25, -0.2) is 4.39 Å². The van der Waals surface area contributed by atoms with E-state index in [9.17, 15) is 9.18 Å². The zero-order valence-corrected chi connectivity index (χ0v) is 24.4. The molecule has 0 N–H and O–H groups in total. The molecule has 0 aromatic heterocycles. The number of nitrogens with zero attached hydrogens (tertiary/aromatic N) is 2. The molecule has 39 heavy (non-hydrogen) atoms. The molecule has 0 saturated carbocycles. The van der Waals surface area contributed by atoms with Gasteiger partial charge in [-0.05, 0) is 85.8 Å². The highest BCUT2D eigenvalue weighted by Crippen LogP contribution is 2.28. The van der Waals surface area contributed by atoms with E-state index in [1.165, 1.54) is 17.7 Å². The lowest BCUT2D eigenvalue weighted by Crippen LogP contribution is -2.33. The Morgan fingerprint density at radius 1 is 0.923 bits per heavy atom. The smallest absolute Gasteiger partial charge is 0.162 e. The third-order valence-electron chi connectivity index (χ3n) is 7.60. The molecule has 1 fully saturated rings. The maximum absolute atomic E-state index is 13.3. The number of Topliss-reactive ketones (excluding diaryl/α,β-unsaturated/α-hetero) is 1. The van der Waals surface area contributed by atoms with E-state index in [1.807, 2.05) is 48.5 Å². The number of carbonyl (C=O) groups is 1. The van der Waals surface area contributed by atoms with Gasteiger partial charge in [-0.15, -0.1) is 24.8 Å². The molecule has 4 nitrogen and oxygen atoms in total. The van der Waals surface area contributed by atoms with Gasteiger partial charge in [0.25, 0.3) is 0 Å². The lowest BCUT2D eigenvalue weighted by atomic mass is 9.90. The monoisotopic (exact) mass is 592 g/mol. The molecule has 0 unspecified atom stereocenters. The van der Waals surface area contributed by atoms with E-state index in [2.05, 4.69) is 15.9 Å². The molecular weight excluding hydrogens is 558 g/mol. The number of likely N-dealkylation sites (tertiary alicyclic amines) is 1. The summed E-state index contributed by atoms with van der Waals surface area (Å²) in [6.07, 6.45) is 3.75. The summed E-state index contributed by atoms with van der Waals surface area (Å²) in [6, 6.07) is 20.6. The van der Waals surface area contributed by atoms with Crippen molar-refractivity contribution in [3.05, 3.63) is 99.8 Å². The third kappa shape index (κ3) is 8.67. The molecule has 2 heterocycles. The van der Waals surface area contributed by atoms with E-state index in [4.69, 9.17) is 16.3 Å². The van der Waals surface area contributed by atoms with E-state index in [1.54, 1.807) is 0 Å². The van der Waals surface area contributed by atoms with Crippen LogP contribution in [0.4, 0.5) is 4.39 Å². The average Bonchev–Trinajstić information content (AvgIpc) is 3.12. The zero-order chi connectivity index (χ0) is 25.6. The fourth-order valence-corrected chi connectivity index (χ4v) is 5.58. The van der Waals surface area contributed by atoms with Crippen molar-refractivity contribution in [1.29, 1.82) is 0 Å². The van der Waals surface area contributed by atoms with Crippen LogP contribution in [-0.2, 0) is 19.6 Å². The van der Waals surface area contributed by atoms with Crippen molar-refractivity contribution in [3.8, 4) is 5.75 Å². The van der Waals surface area contributed by atoms with Crippen molar-refractivity contribution < 1.29 is 13.9 Å².